The Bertz CT molecular complexity index is 331. The first kappa shape index (κ1) is 10.2. The molecule has 3 heteroatoms. The van der Waals surface area contributed by atoms with Crippen LogP contribution in [0.15, 0.2) is 30.3 Å². The maximum atomic E-state index is 11.6. The number of hydrogen-bond donors (Lipinski definition) is 2. The molecule has 0 aromatic heterocycles. The van der Waals surface area contributed by atoms with Crippen molar-refractivity contribution in [2.24, 2.45) is 5.92 Å². The van der Waals surface area contributed by atoms with E-state index in [1.54, 1.807) is 12.1 Å². The van der Waals surface area contributed by atoms with E-state index >= 15 is 0 Å². The number of amides is 1. The quantitative estimate of drug-likeness (QED) is 0.778. The van der Waals surface area contributed by atoms with E-state index in [-0.39, 0.29) is 12.0 Å². The zero-order valence-electron chi connectivity index (χ0n) is 8.52. The Kier molecular flexibility index (Phi) is 3.02. The number of aliphatic hydroxyl groups excluding tert-OH is 1. The molecule has 1 aromatic rings. The van der Waals surface area contributed by atoms with E-state index in [9.17, 15) is 4.79 Å². The van der Waals surface area contributed by atoms with Crippen molar-refractivity contribution >= 4 is 5.91 Å². The van der Waals surface area contributed by atoms with Crippen LogP contribution in [0, 0.1) is 5.92 Å². The Balaban J connectivity index is 1.78. The van der Waals surface area contributed by atoms with E-state index in [2.05, 4.69) is 5.32 Å². The molecule has 0 saturated heterocycles. The molecule has 1 aliphatic rings. The van der Waals surface area contributed by atoms with E-state index in [1.807, 2.05) is 18.2 Å². The molecule has 15 heavy (non-hydrogen) atoms. The highest BCUT2D eigenvalue weighted by Gasteiger charge is 2.27. The van der Waals surface area contributed by atoms with Gasteiger partial charge in [0.05, 0.1) is 6.10 Å². The minimum absolute atomic E-state index is 0.0306. The predicted octanol–water partition coefficient (Wildman–Crippen LogP) is 1.19. The van der Waals surface area contributed by atoms with Crippen molar-refractivity contribution in [3.05, 3.63) is 35.9 Å². The summed E-state index contributed by atoms with van der Waals surface area (Å²) in [7, 11) is 0. The van der Waals surface area contributed by atoms with E-state index < -0.39 is 0 Å². The number of hydrogen-bond acceptors (Lipinski definition) is 2. The summed E-state index contributed by atoms with van der Waals surface area (Å²) in [6, 6.07) is 9.18. The second-order valence-electron chi connectivity index (χ2n) is 4.07. The summed E-state index contributed by atoms with van der Waals surface area (Å²) in [6.07, 6.45) is 1.48. The molecular formula is C12H15NO2. The molecular weight excluding hydrogens is 190 g/mol. The highest BCUT2D eigenvalue weighted by molar-refractivity contribution is 5.94. The highest BCUT2D eigenvalue weighted by Crippen LogP contribution is 2.26. The topological polar surface area (TPSA) is 49.3 Å². The second kappa shape index (κ2) is 4.45. The largest absolute Gasteiger partial charge is 0.393 e. The van der Waals surface area contributed by atoms with Crippen molar-refractivity contribution in [3.8, 4) is 0 Å². The lowest BCUT2D eigenvalue weighted by Crippen LogP contribution is -2.38. The molecule has 1 aromatic carbocycles. The highest BCUT2D eigenvalue weighted by atomic mass is 16.3. The van der Waals surface area contributed by atoms with Crippen molar-refractivity contribution in [2.75, 3.05) is 6.54 Å². The summed E-state index contributed by atoms with van der Waals surface area (Å²) in [5.41, 5.74) is 0.692. The van der Waals surface area contributed by atoms with Gasteiger partial charge < -0.3 is 10.4 Å². The van der Waals surface area contributed by atoms with Crippen LogP contribution in [0.2, 0.25) is 0 Å². The SMILES string of the molecule is O=C(NCC1CC(O)C1)c1ccccc1. The number of carbonyl (C=O) groups excluding carboxylic acids is 1. The number of benzene rings is 1. The molecule has 0 bridgehead atoms. The summed E-state index contributed by atoms with van der Waals surface area (Å²) >= 11 is 0. The zero-order chi connectivity index (χ0) is 10.7. The first-order chi connectivity index (χ1) is 7.25. The van der Waals surface area contributed by atoms with Crippen molar-refractivity contribution in [3.63, 3.8) is 0 Å². The molecule has 0 aliphatic heterocycles. The van der Waals surface area contributed by atoms with E-state index in [0.29, 0.717) is 18.0 Å². The van der Waals surface area contributed by atoms with Crippen LogP contribution < -0.4 is 5.32 Å². The average Bonchev–Trinajstić information content (AvgIpc) is 2.23. The van der Waals surface area contributed by atoms with Gasteiger partial charge in [0, 0.05) is 12.1 Å². The molecule has 2 N–H and O–H groups in total. The smallest absolute Gasteiger partial charge is 0.251 e. The minimum Gasteiger partial charge on any atom is -0.393 e. The standard InChI is InChI=1S/C12H15NO2/c14-11-6-9(7-11)8-13-12(15)10-4-2-1-3-5-10/h1-5,9,11,14H,6-8H2,(H,13,15). The Labute approximate surface area is 89.1 Å². The van der Waals surface area contributed by atoms with Gasteiger partial charge >= 0.3 is 0 Å². The Morgan fingerprint density at radius 3 is 2.60 bits per heavy atom. The number of rotatable bonds is 3. The fourth-order valence-corrected chi connectivity index (χ4v) is 1.80. The second-order valence-corrected chi connectivity index (χ2v) is 4.07. The van der Waals surface area contributed by atoms with Gasteiger partial charge in [0.25, 0.3) is 5.91 Å². The fraction of sp³-hybridized carbons (Fsp3) is 0.417. The van der Waals surface area contributed by atoms with Crippen LogP contribution in [0.25, 0.3) is 0 Å². The number of carbonyl (C=O) groups is 1. The average molecular weight is 205 g/mol. The molecule has 1 aliphatic carbocycles. The lowest BCUT2D eigenvalue weighted by atomic mass is 9.82. The Hall–Kier alpha value is -1.35. The van der Waals surface area contributed by atoms with Gasteiger partial charge in [-0.05, 0) is 30.9 Å². The number of aliphatic hydroxyl groups is 1. The van der Waals surface area contributed by atoms with Crippen LogP contribution in [-0.2, 0) is 0 Å². The van der Waals surface area contributed by atoms with Gasteiger partial charge in [-0.25, -0.2) is 0 Å². The van der Waals surface area contributed by atoms with E-state index in [0.717, 1.165) is 12.8 Å². The summed E-state index contributed by atoms with van der Waals surface area (Å²) in [6.45, 7) is 0.671. The zero-order valence-corrected chi connectivity index (χ0v) is 8.52. The van der Waals surface area contributed by atoms with Crippen LogP contribution >= 0.6 is 0 Å². The number of nitrogens with one attached hydrogen (secondary N) is 1. The predicted molar refractivity (Wildman–Crippen MR) is 57.5 cm³/mol. The summed E-state index contributed by atoms with van der Waals surface area (Å²) in [5, 5.41) is 12.0. The van der Waals surface area contributed by atoms with Crippen molar-refractivity contribution in [1.29, 1.82) is 0 Å². The van der Waals surface area contributed by atoms with Gasteiger partial charge in [0.1, 0.15) is 0 Å². The van der Waals surface area contributed by atoms with Gasteiger partial charge in [-0.1, -0.05) is 18.2 Å². The Morgan fingerprint density at radius 2 is 2.00 bits per heavy atom. The maximum absolute atomic E-state index is 11.6. The summed E-state index contributed by atoms with van der Waals surface area (Å²) in [5.74, 6) is 0.421. The molecule has 1 fully saturated rings. The molecule has 3 nitrogen and oxygen atoms in total. The third-order valence-electron chi connectivity index (χ3n) is 2.80. The van der Waals surface area contributed by atoms with Crippen LogP contribution in [0.1, 0.15) is 23.2 Å². The van der Waals surface area contributed by atoms with E-state index in [4.69, 9.17) is 5.11 Å². The summed E-state index contributed by atoms with van der Waals surface area (Å²) < 4.78 is 0. The molecule has 80 valence electrons. The van der Waals surface area contributed by atoms with Gasteiger partial charge in [0.15, 0.2) is 0 Å². The van der Waals surface area contributed by atoms with Gasteiger partial charge in [-0.3, -0.25) is 4.79 Å². The molecule has 0 atom stereocenters. The van der Waals surface area contributed by atoms with Crippen molar-refractivity contribution < 1.29 is 9.90 Å². The van der Waals surface area contributed by atoms with Crippen molar-refractivity contribution in [1.82, 2.24) is 5.32 Å². The molecule has 0 unspecified atom stereocenters. The third-order valence-corrected chi connectivity index (χ3v) is 2.80. The molecule has 2 rings (SSSR count). The summed E-state index contributed by atoms with van der Waals surface area (Å²) in [4.78, 5) is 11.6. The molecule has 0 spiro atoms. The molecule has 0 radical (unpaired) electrons. The molecule has 0 heterocycles. The maximum Gasteiger partial charge on any atom is 0.251 e. The van der Waals surface area contributed by atoms with Gasteiger partial charge in [-0.15, -0.1) is 0 Å². The first-order valence-corrected chi connectivity index (χ1v) is 5.27. The van der Waals surface area contributed by atoms with Crippen molar-refractivity contribution in [2.45, 2.75) is 18.9 Å². The van der Waals surface area contributed by atoms with E-state index in [1.165, 1.54) is 0 Å². The lowest BCUT2D eigenvalue weighted by Gasteiger charge is -2.31. The van der Waals surface area contributed by atoms with Crippen LogP contribution in [0.3, 0.4) is 0 Å². The first-order valence-electron chi connectivity index (χ1n) is 5.27. The lowest BCUT2D eigenvalue weighted by molar-refractivity contribution is 0.0420. The van der Waals surface area contributed by atoms with Crippen LogP contribution in [-0.4, -0.2) is 23.7 Å². The normalized spacial score (nSPS) is 24.3. The minimum atomic E-state index is -0.149. The van der Waals surface area contributed by atoms with Crippen LogP contribution in [0.5, 0.6) is 0 Å². The van der Waals surface area contributed by atoms with Crippen LogP contribution in [0.4, 0.5) is 0 Å². The molecule has 1 amide bonds. The third kappa shape index (κ3) is 2.57. The fourth-order valence-electron chi connectivity index (χ4n) is 1.80. The Morgan fingerprint density at radius 1 is 1.33 bits per heavy atom. The van der Waals surface area contributed by atoms with Gasteiger partial charge in [0.2, 0.25) is 0 Å². The monoisotopic (exact) mass is 205 g/mol. The molecule has 1 saturated carbocycles. The van der Waals surface area contributed by atoms with Gasteiger partial charge in [-0.2, -0.15) is 0 Å².